The minimum Gasteiger partial charge on any atom is -0.411 e. The number of hydrogen-bond donors (Lipinski definition) is 0. The molecule has 166 valence electrons. The molecule has 4 aromatic rings. The van der Waals surface area contributed by atoms with Gasteiger partial charge < -0.3 is 4.42 Å². The maximum atomic E-state index is 12.8. The number of fused-ring (bicyclic) bond motifs is 1. The fraction of sp³-hybridized carbons (Fsp3) is 0.227. The van der Waals surface area contributed by atoms with Crippen LogP contribution in [0.3, 0.4) is 0 Å². The number of hydrogen-bond acceptors (Lipinski definition) is 7. The average molecular weight is 489 g/mol. The first-order valence-corrected chi connectivity index (χ1v) is 12.8. The Labute approximate surface area is 195 Å². The molecule has 2 aromatic carbocycles. The van der Waals surface area contributed by atoms with Gasteiger partial charge in [0.15, 0.2) is 0 Å². The van der Waals surface area contributed by atoms with Crippen LogP contribution in [0.15, 0.2) is 69.3 Å². The zero-order valence-electron chi connectivity index (χ0n) is 17.5. The summed E-state index contributed by atoms with van der Waals surface area (Å²) in [5.41, 5.74) is 2.27. The lowest BCUT2D eigenvalue weighted by Gasteiger charge is -2.18. The second kappa shape index (κ2) is 9.58. The summed E-state index contributed by atoms with van der Waals surface area (Å²) in [6, 6.07) is 14.2. The predicted molar refractivity (Wildman–Crippen MR) is 126 cm³/mol. The molecule has 0 radical (unpaired) electrons. The maximum Gasteiger partial charge on any atom is 0.277 e. The quantitative estimate of drug-likeness (QED) is 0.312. The van der Waals surface area contributed by atoms with Gasteiger partial charge in [-0.2, -0.15) is 4.31 Å². The molecule has 0 unspecified atom stereocenters. The number of nitrogens with zero attached hydrogens (tertiary/aromatic N) is 4. The molecule has 0 saturated heterocycles. The second-order valence-corrected chi connectivity index (χ2v) is 10.2. The largest absolute Gasteiger partial charge is 0.411 e. The van der Waals surface area contributed by atoms with Crippen molar-refractivity contribution in [2.75, 3.05) is 13.1 Å². The Kier molecular flexibility index (Phi) is 6.80. The number of sulfonamides is 1. The minimum atomic E-state index is -3.58. The summed E-state index contributed by atoms with van der Waals surface area (Å²) in [6.07, 6.45) is 1.73. The van der Waals surface area contributed by atoms with E-state index >= 15 is 0 Å². The molecule has 2 heterocycles. The first-order chi connectivity index (χ1) is 15.4. The molecule has 0 atom stereocenters. The Hall–Kier alpha value is -2.46. The summed E-state index contributed by atoms with van der Waals surface area (Å²) < 4.78 is 32.8. The number of aromatic nitrogens is 3. The summed E-state index contributed by atoms with van der Waals surface area (Å²) in [5.74, 6) is 0.761. The van der Waals surface area contributed by atoms with Crippen LogP contribution < -0.4 is 0 Å². The van der Waals surface area contributed by atoms with Crippen molar-refractivity contribution in [3.8, 4) is 11.5 Å². The molecule has 0 amide bonds. The molecule has 0 spiro atoms. The van der Waals surface area contributed by atoms with E-state index < -0.39 is 10.0 Å². The number of benzene rings is 2. The van der Waals surface area contributed by atoms with Gasteiger partial charge in [-0.05, 0) is 30.3 Å². The van der Waals surface area contributed by atoms with Crippen LogP contribution in [0, 0.1) is 0 Å². The molecule has 32 heavy (non-hydrogen) atoms. The van der Waals surface area contributed by atoms with Crippen molar-refractivity contribution in [3.63, 3.8) is 0 Å². The standard InChI is InChI=1S/C22H21ClN4O3S2/c1-3-27(4-2)32(28,29)17-9-5-7-16(13-17)21-25-26-22(30-21)31-14-18-19(23)11-10-15-8-6-12-24-20(15)18/h5-13H,3-4,14H2,1-2H3. The molecule has 4 rings (SSSR count). The van der Waals surface area contributed by atoms with E-state index in [-0.39, 0.29) is 10.8 Å². The topological polar surface area (TPSA) is 89.2 Å². The smallest absolute Gasteiger partial charge is 0.277 e. The molecular weight excluding hydrogens is 468 g/mol. The van der Waals surface area contributed by atoms with Crippen LogP contribution >= 0.6 is 23.4 Å². The van der Waals surface area contributed by atoms with Gasteiger partial charge in [-0.25, -0.2) is 8.42 Å². The molecule has 0 aliphatic heterocycles. The van der Waals surface area contributed by atoms with E-state index in [9.17, 15) is 8.42 Å². The van der Waals surface area contributed by atoms with Crippen molar-refractivity contribution in [1.82, 2.24) is 19.5 Å². The maximum absolute atomic E-state index is 12.8. The Morgan fingerprint density at radius 1 is 1.06 bits per heavy atom. The van der Waals surface area contributed by atoms with E-state index in [0.29, 0.717) is 34.7 Å². The number of halogens is 1. The van der Waals surface area contributed by atoms with E-state index in [0.717, 1.165) is 16.5 Å². The summed E-state index contributed by atoms with van der Waals surface area (Å²) in [5, 5.41) is 10.2. The van der Waals surface area contributed by atoms with Crippen LogP contribution in [0.5, 0.6) is 0 Å². The lowest BCUT2D eigenvalue weighted by atomic mass is 10.1. The monoisotopic (exact) mass is 488 g/mol. The number of rotatable bonds is 8. The van der Waals surface area contributed by atoms with Gasteiger partial charge in [0.1, 0.15) is 0 Å². The lowest BCUT2D eigenvalue weighted by Crippen LogP contribution is -2.30. The van der Waals surface area contributed by atoms with Crippen molar-refractivity contribution in [2.45, 2.75) is 29.7 Å². The zero-order chi connectivity index (χ0) is 22.7. The van der Waals surface area contributed by atoms with Crippen molar-refractivity contribution in [3.05, 3.63) is 65.3 Å². The first kappa shape index (κ1) is 22.7. The van der Waals surface area contributed by atoms with Crippen molar-refractivity contribution < 1.29 is 12.8 Å². The molecule has 7 nitrogen and oxygen atoms in total. The molecule has 0 fully saturated rings. The van der Waals surface area contributed by atoms with E-state index in [4.69, 9.17) is 16.0 Å². The Balaban J connectivity index is 1.56. The second-order valence-electron chi connectivity index (χ2n) is 6.88. The molecule has 2 aromatic heterocycles. The van der Waals surface area contributed by atoms with Crippen molar-refractivity contribution >= 4 is 44.3 Å². The van der Waals surface area contributed by atoms with Gasteiger partial charge in [0, 0.05) is 46.6 Å². The molecule has 0 bridgehead atoms. The summed E-state index contributed by atoms with van der Waals surface area (Å²) in [7, 11) is -3.58. The van der Waals surface area contributed by atoms with Crippen LogP contribution in [0.4, 0.5) is 0 Å². The van der Waals surface area contributed by atoms with Crippen molar-refractivity contribution in [1.29, 1.82) is 0 Å². The Bertz CT molecular complexity index is 1350. The SMILES string of the molecule is CCN(CC)S(=O)(=O)c1cccc(-c2nnc(SCc3c(Cl)ccc4cccnc34)o2)c1. The highest BCUT2D eigenvalue weighted by Gasteiger charge is 2.22. The van der Waals surface area contributed by atoms with Crippen LogP contribution in [0.1, 0.15) is 19.4 Å². The fourth-order valence-corrected chi connectivity index (χ4v) is 5.94. The van der Waals surface area contributed by atoms with Crippen LogP contribution in [0.25, 0.3) is 22.4 Å². The van der Waals surface area contributed by atoms with Crippen LogP contribution in [-0.4, -0.2) is 41.0 Å². The third kappa shape index (κ3) is 4.52. The molecule has 0 aliphatic carbocycles. The normalized spacial score (nSPS) is 12.0. The number of pyridine rings is 1. The molecule has 0 N–H and O–H groups in total. The third-order valence-electron chi connectivity index (χ3n) is 4.99. The summed E-state index contributed by atoms with van der Waals surface area (Å²) in [6.45, 7) is 4.42. The fourth-order valence-electron chi connectivity index (χ4n) is 3.34. The zero-order valence-corrected chi connectivity index (χ0v) is 19.9. The van der Waals surface area contributed by atoms with Gasteiger partial charge in [0.25, 0.3) is 5.22 Å². The first-order valence-electron chi connectivity index (χ1n) is 10.0. The highest BCUT2D eigenvalue weighted by Crippen LogP contribution is 2.32. The minimum absolute atomic E-state index is 0.194. The highest BCUT2D eigenvalue weighted by atomic mass is 35.5. The van der Waals surface area contributed by atoms with Gasteiger partial charge in [0.2, 0.25) is 15.9 Å². The number of thioether (sulfide) groups is 1. The summed E-state index contributed by atoms with van der Waals surface area (Å²) in [4.78, 5) is 4.64. The Morgan fingerprint density at radius 3 is 2.66 bits per heavy atom. The van der Waals surface area contributed by atoms with Gasteiger partial charge in [-0.3, -0.25) is 4.98 Å². The van der Waals surface area contributed by atoms with Gasteiger partial charge in [-0.1, -0.05) is 55.4 Å². The van der Waals surface area contributed by atoms with Gasteiger partial charge in [0.05, 0.1) is 10.4 Å². The van der Waals surface area contributed by atoms with Gasteiger partial charge in [-0.15, -0.1) is 10.2 Å². The molecular formula is C22H21ClN4O3S2. The predicted octanol–water partition coefficient (Wildman–Crippen LogP) is 5.26. The third-order valence-corrected chi connectivity index (χ3v) is 8.24. The van der Waals surface area contributed by atoms with E-state index in [1.165, 1.54) is 16.1 Å². The molecule has 0 aliphatic rings. The van der Waals surface area contributed by atoms with Crippen LogP contribution in [0.2, 0.25) is 5.02 Å². The van der Waals surface area contributed by atoms with E-state index in [2.05, 4.69) is 15.2 Å². The molecule has 10 heteroatoms. The van der Waals surface area contributed by atoms with E-state index in [1.54, 1.807) is 30.5 Å². The summed E-state index contributed by atoms with van der Waals surface area (Å²) >= 11 is 7.75. The Morgan fingerprint density at radius 2 is 1.88 bits per heavy atom. The molecule has 0 saturated carbocycles. The van der Waals surface area contributed by atoms with Crippen LogP contribution in [-0.2, 0) is 15.8 Å². The average Bonchev–Trinajstić information content (AvgIpc) is 3.28. The van der Waals surface area contributed by atoms with Crippen molar-refractivity contribution in [2.24, 2.45) is 0 Å². The lowest BCUT2D eigenvalue weighted by molar-refractivity contribution is 0.445. The highest BCUT2D eigenvalue weighted by molar-refractivity contribution is 7.98. The van der Waals surface area contributed by atoms with E-state index in [1.807, 2.05) is 38.1 Å². The van der Waals surface area contributed by atoms with Gasteiger partial charge >= 0.3 is 0 Å².